The van der Waals surface area contributed by atoms with E-state index in [-0.39, 0.29) is 11.6 Å². The van der Waals surface area contributed by atoms with Gasteiger partial charge in [-0.05, 0) is 77.6 Å². The minimum Gasteiger partial charge on any atom is -0.367 e. The van der Waals surface area contributed by atoms with Gasteiger partial charge in [0.25, 0.3) is 0 Å². The normalized spacial score (nSPS) is 14.0. The zero-order valence-corrected chi connectivity index (χ0v) is 16.7. The van der Waals surface area contributed by atoms with Gasteiger partial charge < -0.3 is 5.32 Å². The lowest BCUT2D eigenvalue weighted by molar-refractivity contribution is 0.628. The Morgan fingerprint density at radius 1 is 1.06 bits per heavy atom. The first-order valence-corrected chi connectivity index (χ1v) is 10.3. The Balaban J connectivity index is 1.73. The number of azide groups is 1. The van der Waals surface area contributed by atoms with Crippen molar-refractivity contribution in [1.82, 2.24) is 14.6 Å². The van der Waals surface area contributed by atoms with E-state index in [1.165, 1.54) is 25.0 Å². The number of aromatic nitrogens is 3. The first-order chi connectivity index (χ1) is 15.2. The fourth-order valence-electron chi connectivity index (χ4n) is 4.23. The first-order valence-electron chi connectivity index (χ1n) is 10.3. The molecule has 0 spiro atoms. The predicted molar refractivity (Wildman–Crippen MR) is 119 cm³/mol. The van der Waals surface area contributed by atoms with E-state index < -0.39 is 0 Å². The molecule has 0 radical (unpaired) electrons. The number of rotatable bonds is 5. The van der Waals surface area contributed by atoms with Crippen LogP contribution in [0, 0.1) is 5.82 Å². The molecule has 4 aromatic rings. The maximum atomic E-state index is 13.6. The number of hydrogen-bond donors (Lipinski definition) is 1. The lowest BCUT2D eigenvalue weighted by atomic mass is 10.0. The van der Waals surface area contributed by atoms with Crippen molar-refractivity contribution < 1.29 is 4.39 Å². The molecule has 0 atom stereocenters. The summed E-state index contributed by atoms with van der Waals surface area (Å²) in [5.41, 5.74) is 12.9. The summed E-state index contributed by atoms with van der Waals surface area (Å²) in [7, 11) is 0. The minimum atomic E-state index is -0.299. The van der Waals surface area contributed by atoms with Crippen molar-refractivity contribution in [2.75, 3.05) is 5.32 Å². The maximum Gasteiger partial charge on any atom is 0.128 e. The summed E-state index contributed by atoms with van der Waals surface area (Å²) in [6.45, 7) is 0. The number of nitrogens with one attached hydrogen (secondary N) is 1. The van der Waals surface area contributed by atoms with Crippen LogP contribution in [0.3, 0.4) is 0 Å². The van der Waals surface area contributed by atoms with E-state index in [4.69, 9.17) is 10.6 Å². The quantitative estimate of drug-likeness (QED) is 0.230. The summed E-state index contributed by atoms with van der Waals surface area (Å²) in [4.78, 5) is 6.95. The number of fused-ring (bicyclic) bond motifs is 1. The fourth-order valence-corrected chi connectivity index (χ4v) is 4.23. The molecule has 1 N–H and O–H groups in total. The van der Waals surface area contributed by atoms with E-state index >= 15 is 0 Å². The van der Waals surface area contributed by atoms with Gasteiger partial charge in [0.1, 0.15) is 23.1 Å². The highest BCUT2D eigenvalue weighted by Gasteiger charge is 2.20. The van der Waals surface area contributed by atoms with Gasteiger partial charge in [-0.2, -0.15) is 5.10 Å². The highest BCUT2D eigenvalue weighted by Crippen LogP contribution is 2.37. The van der Waals surface area contributed by atoms with Gasteiger partial charge in [0.05, 0.1) is 5.52 Å². The third-order valence-electron chi connectivity index (χ3n) is 5.66. The van der Waals surface area contributed by atoms with Crippen LogP contribution in [-0.2, 0) is 0 Å². The van der Waals surface area contributed by atoms with Crippen molar-refractivity contribution >= 4 is 17.2 Å². The van der Waals surface area contributed by atoms with Gasteiger partial charge in [0.15, 0.2) is 0 Å². The van der Waals surface area contributed by atoms with E-state index in [1.807, 2.05) is 28.8 Å². The number of benzene rings is 1. The largest absolute Gasteiger partial charge is 0.367 e. The third-order valence-corrected chi connectivity index (χ3v) is 5.66. The van der Waals surface area contributed by atoms with Crippen LogP contribution in [0.1, 0.15) is 25.7 Å². The second kappa shape index (κ2) is 8.08. The molecule has 0 bridgehead atoms. The van der Waals surface area contributed by atoms with Gasteiger partial charge in [-0.1, -0.05) is 18.9 Å². The fraction of sp³-hybridized carbons (Fsp3) is 0.217. The van der Waals surface area contributed by atoms with Gasteiger partial charge in [-0.15, -0.1) is 0 Å². The molecule has 8 heteroatoms. The Labute approximate surface area is 178 Å². The van der Waals surface area contributed by atoms with Crippen LogP contribution in [0.5, 0.6) is 0 Å². The van der Waals surface area contributed by atoms with Crippen molar-refractivity contribution in [3.05, 3.63) is 77.1 Å². The maximum absolute atomic E-state index is 13.6. The molecule has 0 saturated heterocycles. The molecular formula is C23H20FN7. The zero-order valence-electron chi connectivity index (χ0n) is 16.7. The molecule has 1 aromatic carbocycles. The molecule has 5 rings (SSSR count). The molecule has 3 aromatic heterocycles. The summed E-state index contributed by atoms with van der Waals surface area (Å²) < 4.78 is 15.5. The van der Waals surface area contributed by atoms with E-state index in [2.05, 4.69) is 20.3 Å². The number of pyridine rings is 2. The first kappa shape index (κ1) is 19.1. The molecule has 31 heavy (non-hydrogen) atoms. The van der Waals surface area contributed by atoms with E-state index in [0.29, 0.717) is 6.04 Å². The van der Waals surface area contributed by atoms with E-state index in [0.717, 1.165) is 46.6 Å². The number of nitrogens with zero attached hydrogens (tertiary/aromatic N) is 6. The molecule has 1 aliphatic rings. The molecule has 1 saturated carbocycles. The number of hydrogen-bond acceptors (Lipinski definition) is 4. The van der Waals surface area contributed by atoms with Gasteiger partial charge in [-0.3, -0.25) is 4.98 Å². The van der Waals surface area contributed by atoms with E-state index in [9.17, 15) is 4.39 Å². The molecule has 0 amide bonds. The van der Waals surface area contributed by atoms with Crippen LogP contribution in [0.25, 0.3) is 38.3 Å². The van der Waals surface area contributed by atoms with Gasteiger partial charge in [-0.25, -0.2) is 8.91 Å². The average molecular weight is 413 g/mol. The topological polar surface area (TPSA) is 91.0 Å². The summed E-state index contributed by atoms with van der Waals surface area (Å²) in [6, 6.07) is 16.4. The van der Waals surface area contributed by atoms with Crippen LogP contribution in [-0.4, -0.2) is 20.6 Å². The lowest BCUT2D eigenvalue weighted by Gasteiger charge is -2.14. The lowest BCUT2D eigenvalue weighted by Crippen LogP contribution is -2.16. The second-order valence-corrected chi connectivity index (χ2v) is 7.66. The molecule has 1 aliphatic carbocycles. The van der Waals surface area contributed by atoms with Gasteiger partial charge in [0, 0.05) is 28.3 Å². The smallest absolute Gasteiger partial charge is 0.128 e. The van der Waals surface area contributed by atoms with Crippen molar-refractivity contribution in [3.63, 3.8) is 0 Å². The molecule has 1 fully saturated rings. The average Bonchev–Trinajstić information content (AvgIpc) is 3.43. The van der Waals surface area contributed by atoms with Crippen LogP contribution in [0.15, 0.2) is 65.9 Å². The summed E-state index contributed by atoms with van der Waals surface area (Å²) in [6.07, 6.45) is 6.37. The molecule has 0 aliphatic heterocycles. The van der Waals surface area contributed by atoms with Crippen molar-refractivity contribution in [1.29, 1.82) is 0 Å². The molecule has 0 unspecified atom stereocenters. The number of halogens is 1. The Kier molecular flexibility index (Phi) is 4.98. The summed E-state index contributed by atoms with van der Waals surface area (Å²) >= 11 is 0. The standard InChI is InChI=1S/C23H20FN7/c24-17-10-8-15(9-11-17)23-22(16-12-13-26-20(14-16)28-30-25)19-6-3-7-21(31(19)29-23)27-18-4-1-2-5-18/h3,6-14,18,27H,1-2,4-5H2. The SMILES string of the molecule is [N-]=[N+]=Nc1cc(-c2c(-c3ccc(F)cc3)nn3c(NC4CCCC4)cccc23)ccn1. The number of anilines is 1. The highest BCUT2D eigenvalue weighted by molar-refractivity contribution is 5.93. The minimum absolute atomic E-state index is 0.282. The zero-order chi connectivity index (χ0) is 21.2. The molecule has 7 nitrogen and oxygen atoms in total. The van der Waals surface area contributed by atoms with Crippen LogP contribution >= 0.6 is 0 Å². The van der Waals surface area contributed by atoms with Gasteiger partial charge >= 0.3 is 0 Å². The van der Waals surface area contributed by atoms with Crippen LogP contribution < -0.4 is 5.32 Å². The Morgan fingerprint density at radius 2 is 1.87 bits per heavy atom. The van der Waals surface area contributed by atoms with Crippen molar-refractivity contribution in [2.24, 2.45) is 5.11 Å². The summed E-state index contributed by atoms with van der Waals surface area (Å²) in [5.74, 6) is 0.903. The third kappa shape index (κ3) is 3.69. The monoisotopic (exact) mass is 413 g/mol. The predicted octanol–water partition coefficient (Wildman–Crippen LogP) is 6.50. The Bertz CT molecular complexity index is 1280. The molecular weight excluding hydrogens is 393 g/mol. The molecule has 3 heterocycles. The highest BCUT2D eigenvalue weighted by atomic mass is 19.1. The Morgan fingerprint density at radius 3 is 2.65 bits per heavy atom. The van der Waals surface area contributed by atoms with Crippen LogP contribution in [0.4, 0.5) is 16.0 Å². The summed E-state index contributed by atoms with van der Waals surface area (Å²) in [5, 5.41) is 12.2. The van der Waals surface area contributed by atoms with Crippen LogP contribution in [0.2, 0.25) is 0 Å². The van der Waals surface area contributed by atoms with E-state index in [1.54, 1.807) is 24.4 Å². The Hall–Kier alpha value is -3.90. The second-order valence-electron chi connectivity index (χ2n) is 7.66. The van der Waals surface area contributed by atoms with Gasteiger partial charge in [0.2, 0.25) is 0 Å². The van der Waals surface area contributed by atoms with Crippen molar-refractivity contribution in [3.8, 4) is 22.4 Å². The van der Waals surface area contributed by atoms with Crippen molar-refractivity contribution in [2.45, 2.75) is 31.7 Å². The molecule has 154 valence electrons.